The minimum Gasteiger partial charge on any atom is -0.303 e. The van der Waals surface area contributed by atoms with E-state index in [0.717, 1.165) is 19.3 Å². The lowest BCUT2D eigenvalue weighted by Gasteiger charge is -2.36. The zero-order valence-electron chi connectivity index (χ0n) is 14.6. The zero-order valence-corrected chi connectivity index (χ0v) is 14.6. The highest BCUT2D eigenvalue weighted by molar-refractivity contribution is 5.90. The summed E-state index contributed by atoms with van der Waals surface area (Å²) in [4.78, 5) is 13.2. The van der Waals surface area contributed by atoms with Crippen LogP contribution in [0.15, 0.2) is 12.7 Å². The molecule has 1 aliphatic carbocycles. The first kappa shape index (κ1) is 18.4. The summed E-state index contributed by atoms with van der Waals surface area (Å²) >= 11 is 0. The summed E-state index contributed by atoms with van der Waals surface area (Å²) in [7, 11) is 0. The van der Waals surface area contributed by atoms with Crippen molar-refractivity contribution in [2.24, 2.45) is 11.8 Å². The van der Waals surface area contributed by atoms with Crippen molar-refractivity contribution in [1.82, 2.24) is 5.32 Å². The maximum Gasteiger partial charge on any atom is 0.155 e. The van der Waals surface area contributed by atoms with Gasteiger partial charge in [-0.2, -0.15) is 0 Å². The molecule has 0 aromatic heterocycles. The fourth-order valence-corrected chi connectivity index (χ4v) is 3.76. The van der Waals surface area contributed by atoms with Gasteiger partial charge in [0.15, 0.2) is 5.78 Å². The number of ketones is 1. The van der Waals surface area contributed by atoms with Gasteiger partial charge in [-0.1, -0.05) is 45.1 Å². The summed E-state index contributed by atoms with van der Waals surface area (Å²) in [6.07, 6.45) is 11.3. The first-order chi connectivity index (χ1) is 9.89. The summed E-state index contributed by atoms with van der Waals surface area (Å²) in [5.74, 6) is 1.05. The molecule has 21 heavy (non-hydrogen) atoms. The fraction of sp³-hybridized carbons (Fsp3) is 0.842. The highest BCUT2D eigenvalue weighted by Crippen LogP contribution is 2.30. The van der Waals surface area contributed by atoms with Crippen LogP contribution >= 0.6 is 0 Å². The van der Waals surface area contributed by atoms with Crippen LogP contribution in [0.25, 0.3) is 0 Å². The maximum absolute atomic E-state index is 13.2. The second-order valence-corrected chi connectivity index (χ2v) is 7.45. The molecule has 0 spiro atoms. The quantitative estimate of drug-likeness (QED) is 0.677. The first-order valence-corrected chi connectivity index (χ1v) is 8.83. The van der Waals surface area contributed by atoms with Crippen LogP contribution < -0.4 is 5.32 Å². The molecule has 0 aliphatic heterocycles. The van der Waals surface area contributed by atoms with Crippen molar-refractivity contribution in [2.45, 2.75) is 90.6 Å². The number of carbonyl (C=O) groups excluding carboxylic acids is 1. The number of rotatable bonds is 7. The average Bonchev–Trinajstić information content (AvgIpc) is 2.36. The Kier molecular flexibility index (Phi) is 7.65. The van der Waals surface area contributed by atoms with Crippen LogP contribution in [0.2, 0.25) is 0 Å². The molecule has 0 heterocycles. The number of Topliss-reactive ketones (excluding diaryl/α,β-unsaturated/α-hetero) is 1. The molecule has 0 aromatic carbocycles. The molecule has 0 saturated heterocycles. The molecule has 0 radical (unpaired) electrons. The Morgan fingerprint density at radius 2 is 1.71 bits per heavy atom. The highest BCUT2D eigenvalue weighted by Gasteiger charge is 2.38. The summed E-state index contributed by atoms with van der Waals surface area (Å²) in [6, 6.07) is 0.324. The molecule has 0 amide bonds. The molecule has 122 valence electrons. The topological polar surface area (TPSA) is 29.1 Å². The van der Waals surface area contributed by atoms with Gasteiger partial charge in [-0.15, -0.1) is 6.58 Å². The standard InChI is InChI=1S/C19H35NO/c1-6-16(4)14-19(5,20-15(2)3)18(21)17-12-10-8-7-9-11-13-17/h6,15-17,20H,1,7-14H2,2-5H3. The molecule has 2 atom stereocenters. The Bertz CT molecular complexity index is 328. The van der Waals surface area contributed by atoms with Crippen molar-refractivity contribution in [1.29, 1.82) is 0 Å². The minimum atomic E-state index is -0.411. The third-order valence-corrected chi connectivity index (χ3v) is 4.76. The third-order valence-electron chi connectivity index (χ3n) is 4.76. The number of hydrogen-bond donors (Lipinski definition) is 1. The fourth-order valence-electron chi connectivity index (χ4n) is 3.76. The van der Waals surface area contributed by atoms with E-state index in [1.165, 1.54) is 32.1 Å². The van der Waals surface area contributed by atoms with Gasteiger partial charge >= 0.3 is 0 Å². The van der Waals surface area contributed by atoms with Crippen LogP contribution in [0.1, 0.15) is 79.1 Å². The number of hydrogen-bond acceptors (Lipinski definition) is 2. The predicted molar refractivity (Wildman–Crippen MR) is 91.5 cm³/mol. The van der Waals surface area contributed by atoms with Crippen LogP contribution in [0.5, 0.6) is 0 Å². The van der Waals surface area contributed by atoms with E-state index >= 15 is 0 Å². The van der Waals surface area contributed by atoms with Gasteiger partial charge in [0, 0.05) is 12.0 Å². The zero-order chi connectivity index (χ0) is 15.9. The maximum atomic E-state index is 13.2. The van der Waals surface area contributed by atoms with Crippen molar-refractivity contribution in [3.05, 3.63) is 12.7 Å². The van der Waals surface area contributed by atoms with Gasteiger partial charge in [0.1, 0.15) is 0 Å². The van der Waals surface area contributed by atoms with Gasteiger partial charge in [-0.05, 0) is 46.0 Å². The minimum absolute atomic E-state index is 0.249. The van der Waals surface area contributed by atoms with E-state index in [0.29, 0.717) is 17.7 Å². The monoisotopic (exact) mass is 293 g/mol. The lowest BCUT2D eigenvalue weighted by atomic mass is 9.76. The lowest BCUT2D eigenvalue weighted by molar-refractivity contribution is -0.130. The van der Waals surface area contributed by atoms with Gasteiger partial charge in [0.25, 0.3) is 0 Å². The Balaban J connectivity index is 2.83. The number of allylic oxidation sites excluding steroid dienone is 1. The van der Waals surface area contributed by atoms with Gasteiger partial charge in [0.2, 0.25) is 0 Å². The Morgan fingerprint density at radius 1 is 1.19 bits per heavy atom. The van der Waals surface area contributed by atoms with Crippen molar-refractivity contribution in [2.75, 3.05) is 0 Å². The summed E-state index contributed by atoms with van der Waals surface area (Å²) in [5, 5.41) is 3.56. The van der Waals surface area contributed by atoms with Crippen molar-refractivity contribution in [3.8, 4) is 0 Å². The molecule has 1 fully saturated rings. The van der Waals surface area contributed by atoms with Crippen molar-refractivity contribution < 1.29 is 4.79 Å². The van der Waals surface area contributed by atoms with Gasteiger partial charge in [-0.3, -0.25) is 4.79 Å². The molecule has 2 heteroatoms. The number of nitrogens with one attached hydrogen (secondary N) is 1. The summed E-state index contributed by atoms with van der Waals surface area (Å²) in [5.41, 5.74) is -0.411. The van der Waals surface area contributed by atoms with Crippen LogP contribution in [0, 0.1) is 11.8 Å². The van der Waals surface area contributed by atoms with Crippen LogP contribution in [-0.2, 0) is 4.79 Å². The molecular formula is C19H35NO. The molecular weight excluding hydrogens is 258 g/mol. The average molecular weight is 293 g/mol. The van der Waals surface area contributed by atoms with E-state index < -0.39 is 5.54 Å². The Morgan fingerprint density at radius 3 is 2.19 bits per heavy atom. The molecule has 0 bridgehead atoms. The van der Waals surface area contributed by atoms with E-state index in [-0.39, 0.29) is 5.92 Å². The largest absolute Gasteiger partial charge is 0.303 e. The van der Waals surface area contributed by atoms with E-state index in [4.69, 9.17) is 0 Å². The molecule has 2 unspecified atom stereocenters. The molecule has 1 N–H and O–H groups in total. The van der Waals surface area contributed by atoms with E-state index in [2.05, 4.69) is 39.6 Å². The first-order valence-electron chi connectivity index (χ1n) is 8.83. The van der Waals surface area contributed by atoms with E-state index in [1.807, 2.05) is 6.08 Å². The normalized spacial score (nSPS) is 22.1. The molecule has 1 aliphatic rings. The number of carbonyl (C=O) groups is 1. The van der Waals surface area contributed by atoms with Gasteiger partial charge < -0.3 is 5.32 Å². The van der Waals surface area contributed by atoms with Crippen molar-refractivity contribution in [3.63, 3.8) is 0 Å². The highest BCUT2D eigenvalue weighted by atomic mass is 16.1. The Hall–Kier alpha value is -0.630. The third kappa shape index (κ3) is 5.94. The molecule has 2 nitrogen and oxygen atoms in total. The SMILES string of the molecule is C=CC(C)CC(C)(NC(C)C)C(=O)C1CCCCCCC1. The summed E-state index contributed by atoms with van der Waals surface area (Å²) in [6.45, 7) is 12.4. The van der Waals surface area contributed by atoms with Gasteiger partial charge in [-0.25, -0.2) is 0 Å². The predicted octanol–water partition coefficient (Wildman–Crippen LogP) is 4.88. The van der Waals surface area contributed by atoms with Crippen molar-refractivity contribution >= 4 is 5.78 Å². The molecule has 1 saturated carbocycles. The van der Waals surface area contributed by atoms with Crippen LogP contribution in [0.4, 0.5) is 0 Å². The van der Waals surface area contributed by atoms with Gasteiger partial charge in [0.05, 0.1) is 5.54 Å². The van der Waals surface area contributed by atoms with Crippen LogP contribution in [0.3, 0.4) is 0 Å². The van der Waals surface area contributed by atoms with E-state index in [1.54, 1.807) is 0 Å². The Labute approximate surface area is 131 Å². The molecule has 0 aromatic rings. The smallest absolute Gasteiger partial charge is 0.155 e. The van der Waals surface area contributed by atoms with E-state index in [9.17, 15) is 4.79 Å². The second kappa shape index (κ2) is 8.73. The summed E-state index contributed by atoms with van der Waals surface area (Å²) < 4.78 is 0. The van der Waals surface area contributed by atoms with Crippen LogP contribution in [-0.4, -0.2) is 17.4 Å². The second-order valence-electron chi connectivity index (χ2n) is 7.45. The lowest BCUT2D eigenvalue weighted by Crippen LogP contribution is -2.55. The molecule has 1 rings (SSSR count).